The molecule has 3 aromatic carbocycles. The summed E-state index contributed by atoms with van der Waals surface area (Å²) in [5.74, 6) is -2.44. The fourth-order valence-corrected chi connectivity index (χ4v) is 6.79. The van der Waals surface area contributed by atoms with Crippen LogP contribution >= 0.6 is 0 Å². The number of carboxylic acid groups (broad SMARTS) is 1. The SMILES string of the molecule is C=C[C@H]1CC1(NC(=O)[C@@H]1C[C@@H](Oc2cc(-c3ccccc3)nc3cc(OC)ccc23)CN1C(=O)[C@@H](Nc1ccc(N)c(C(F)(F)F)c1)C(C)C)C(=O)O. The van der Waals surface area contributed by atoms with Crippen molar-refractivity contribution in [2.75, 3.05) is 24.7 Å². The van der Waals surface area contributed by atoms with Crippen LogP contribution in [0, 0.1) is 11.8 Å². The number of hydrogen-bond acceptors (Lipinski definition) is 8. The molecule has 2 fully saturated rings. The number of nitrogens with two attached hydrogens (primary N) is 1. The number of ether oxygens (including phenoxy) is 2. The van der Waals surface area contributed by atoms with E-state index in [1.54, 1.807) is 45.2 Å². The molecule has 2 aliphatic rings. The molecule has 53 heavy (non-hydrogen) atoms. The predicted molar refractivity (Wildman–Crippen MR) is 193 cm³/mol. The third-order valence-electron chi connectivity index (χ3n) is 9.83. The number of amides is 2. The van der Waals surface area contributed by atoms with Gasteiger partial charge in [0.25, 0.3) is 0 Å². The number of nitrogens with one attached hydrogen (secondary N) is 2. The molecule has 4 aromatic rings. The van der Waals surface area contributed by atoms with E-state index in [0.717, 1.165) is 17.7 Å². The summed E-state index contributed by atoms with van der Waals surface area (Å²) in [5, 5.41) is 16.3. The summed E-state index contributed by atoms with van der Waals surface area (Å²) in [5.41, 5.74) is 4.55. The van der Waals surface area contributed by atoms with Crippen LogP contribution < -0.4 is 25.8 Å². The van der Waals surface area contributed by atoms with Crippen molar-refractivity contribution in [2.45, 2.75) is 56.6 Å². The number of benzene rings is 3. The minimum Gasteiger partial charge on any atom is -0.497 e. The van der Waals surface area contributed by atoms with E-state index in [4.69, 9.17) is 20.2 Å². The van der Waals surface area contributed by atoms with Crippen molar-refractivity contribution in [3.05, 3.63) is 91.0 Å². The summed E-state index contributed by atoms with van der Waals surface area (Å²) in [7, 11) is 1.55. The Morgan fingerprint density at radius 2 is 1.83 bits per heavy atom. The fraction of sp³-hybridized carbons (Fsp3) is 0.333. The summed E-state index contributed by atoms with van der Waals surface area (Å²) in [6, 6.07) is 17.6. The largest absolute Gasteiger partial charge is 0.497 e. The molecule has 1 aromatic heterocycles. The number of methoxy groups -OCH3 is 1. The maximum atomic E-state index is 14.4. The van der Waals surface area contributed by atoms with E-state index < -0.39 is 70.8 Å². The topological polar surface area (TPSA) is 156 Å². The second-order valence-electron chi connectivity index (χ2n) is 13.7. The van der Waals surface area contributed by atoms with E-state index in [0.29, 0.717) is 28.1 Å². The molecule has 1 unspecified atom stereocenters. The van der Waals surface area contributed by atoms with Crippen molar-refractivity contribution in [2.24, 2.45) is 11.8 Å². The van der Waals surface area contributed by atoms with Crippen LogP contribution in [0.1, 0.15) is 32.3 Å². The summed E-state index contributed by atoms with van der Waals surface area (Å²) in [6.45, 7) is 7.04. The first-order chi connectivity index (χ1) is 25.1. The normalized spacial score (nSPS) is 21.6. The van der Waals surface area contributed by atoms with Crippen molar-refractivity contribution in [3.63, 3.8) is 0 Å². The number of rotatable bonds is 12. The highest BCUT2D eigenvalue weighted by molar-refractivity contribution is 5.96. The molecule has 0 spiro atoms. The molecule has 14 heteroatoms. The number of carbonyl (C=O) groups is 3. The summed E-state index contributed by atoms with van der Waals surface area (Å²) >= 11 is 0. The van der Waals surface area contributed by atoms with Gasteiger partial charge in [0.05, 0.1) is 30.4 Å². The predicted octanol–water partition coefficient (Wildman–Crippen LogP) is 6.14. The maximum absolute atomic E-state index is 14.4. The number of anilines is 2. The Morgan fingerprint density at radius 1 is 1.09 bits per heavy atom. The molecular formula is C39H40F3N5O6. The number of nitrogens with zero attached hydrogens (tertiary/aromatic N) is 2. The van der Waals surface area contributed by atoms with Crippen LogP contribution in [0.5, 0.6) is 11.5 Å². The van der Waals surface area contributed by atoms with Gasteiger partial charge in [-0.05, 0) is 42.7 Å². The number of aliphatic carboxylic acids is 1. The smallest absolute Gasteiger partial charge is 0.418 e. The van der Waals surface area contributed by atoms with Gasteiger partial charge in [0.1, 0.15) is 35.2 Å². The van der Waals surface area contributed by atoms with Gasteiger partial charge < -0.3 is 35.8 Å². The Morgan fingerprint density at radius 3 is 2.45 bits per heavy atom. The Bertz CT molecular complexity index is 2060. The highest BCUT2D eigenvalue weighted by Crippen LogP contribution is 2.45. The first kappa shape index (κ1) is 37.0. The monoisotopic (exact) mass is 731 g/mol. The molecule has 1 aliphatic heterocycles. The Balaban J connectivity index is 1.35. The fourth-order valence-electron chi connectivity index (χ4n) is 6.79. The molecule has 1 saturated carbocycles. The van der Waals surface area contributed by atoms with E-state index in [2.05, 4.69) is 17.2 Å². The van der Waals surface area contributed by atoms with Gasteiger partial charge in [-0.3, -0.25) is 9.59 Å². The third-order valence-corrected chi connectivity index (χ3v) is 9.83. The van der Waals surface area contributed by atoms with Crippen molar-refractivity contribution in [1.82, 2.24) is 15.2 Å². The number of carbonyl (C=O) groups excluding carboxylic acids is 2. The second-order valence-corrected chi connectivity index (χ2v) is 13.7. The molecule has 2 heterocycles. The first-order valence-corrected chi connectivity index (χ1v) is 17.1. The zero-order valence-electron chi connectivity index (χ0n) is 29.3. The number of hydrogen-bond donors (Lipinski definition) is 4. The second kappa shape index (κ2) is 14.3. The average molecular weight is 732 g/mol. The number of alkyl halides is 3. The molecule has 5 atom stereocenters. The zero-order valence-corrected chi connectivity index (χ0v) is 29.3. The molecule has 5 N–H and O–H groups in total. The van der Waals surface area contributed by atoms with Crippen LogP contribution in [0.25, 0.3) is 22.2 Å². The Hall–Kier alpha value is -5.79. The van der Waals surface area contributed by atoms with E-state index in [-0.39, 0.29) is 25.1 Å². The van der Waals surface area contributed by atoms with Crippen LogP contribution in [-0.4, -0.2) is 70.2 Å². The van der Waals surface area contributed by atoms with Crippen molar-refractivity contribution in [3.8, 4) is 22.8 Å². The lowest BCUT2D eigenvalue weighted by molar-refractivity contribution is -0.145. The number of halogens is 3. The summed E-state index contributed by atoms with van der Waals surface area (Å²) in [4.78, 5) is 46.9. The number of nitrogen functional groups attached to an aromatic ring is 1. The van der Waals surface area contributed by atoms with Crippen LogP contribution in [0.3, 0.4) is 0 Å². The number of aromatic nitrogens is 1. The summed E-state index contributed by atoms with van der Waals surface area (Å²) in [6.07, 6.45) is -3.87. The molecule has 278 valence electrons. The van der Waals surface area contributed by atoms with E-state index in [9.17, 15) is 32.7 Å². The van der Waals surface area contributed by atoms with E-state index in [1.807, 2.05) is 30.3 Å². The minimum atomic E-state index is -4.73. The van der Waals surface area contributed by atoms with Gasteiger partial charge in [0.15, 0.2) is 0 Å². The van der Waals surface area contributed by atoms with Gasteiger partial charge in [-0.15, -0.1) is 6.58 Å². The standard InChI is InChI=1S/C39H40F3N5O6/c1-5-23-19-38(23,37(50)51)46-35(48)32-17-26(20-47(32)36(49)34(21(2)3)44-24-11-14-29(43)28(15-24)39(40,41)42)53-33-18-30(22-9-7-6-8-10-22)45-31-16-25(52-4)12-13-27(31)33/h5-16,18,21,23,26,32,34,44H,1,17,19-20,43H2,2-4H3,(H,46,48)(H,50,51)/t23-,26+,32-,34-,38?/m0/s1. The first-order valence-electron chi connectivity index (χ1n) is 17.1. The van der Waals surface area contributed by atoms with Gasteiger partial charge in [0.2, 0.25) is 11.8 Å². The van der Waals surface area contributed by atoms with Gasteiger partial charge in [-0.2, -0.15) is 13.2 Å². The summed E-state index contributed by atoms with van der Waals surface area (Å²) < 4.78 is 53.1. The number of fused-ring (bicyclic) bond motifs is 1. The number of carboxylic acids is 1. The molecule has 2 amide bonds. The lowest BCUT2D eigenvalue weighted by Crippen LogP contribution is -2.55. The minimum absolute atomic E-state index is 0.00240. The van der Waals surface area contributed by atoms with Crippen molar-refractivity contribution < 1.29 is 42.1 Å². The zero-order chi connectivity index (χ0) is 38.2. The molecular weight excluding hydrogens is 691 g/mol. The molecule has 0 bridgehead atoms. The van der Waals surface area contributed by atoms with E-state index in [1.165, 1.54) is 17.0 Å². The molecule has 6 rings (SSSR count). The maximum Gasteiger partial charge on any atom is 0.418 e. The van der Waals surface area contributed by atoms with Gasteiger partial charge >= 0.3 is 12.1 Å². The van der Waals surface area contributed by atoms with Gasteiger partial charge in [-0.1, -0.05) is 50.3 Å². The van der Waals surface area contributed by atoms with Crippen molar-refractivity contribution in [1.29, 1.82) is 0 Å². The molecule has 11 nitrogen and oxygen atoms in total. The third kappa shape index (κ3) is 7.44. The van der Waals surface area contributed by atoms with E-state index >= 15 is 0 Å². The number of likely N-dealkylation sites (tertiary alicyclic amines) is 1. The van der Waals surface area contributed by atoms with Crippen LogP contribution in [0.2, 0.25) is 0 Å². The quantitative estimate of drug-likeness (QED) is 0.0993. The molecule has 1 saturated heterocycles. The lowest BCUT2D eigenvalue weighted by Gasteiger charge is -2.31. The Kier molecular flexibility index (Phi) is 9.99. The van der Waals surface area contributed by atoms with Crippen LogP contribution in [-0.2, 0) is 20.6 Å². The lowest BCUT2D eigenvalue weighted by atomic mass is 10.0. The highest BCUT2D eigenvalue weighted by atomic mass is 19.4. The molecule has 0 radical (unpaired) electrons. The average Bonchev–Trinajstić information content (AvgIpc) is 3.69. The highest BCUT2D eigenvalue weighted by Gasteiger charge is 2.61. The van der Waals surface area contributed by atoms with Crippen molar-refractivity contribution >= 4 is 40.1 Å². The van der Waals surface area contributed by atoms with Gasteiger partial charge in [-0.25, -0.2) is 9.78 Å². The van der Waals surface area contributed by atoms with Crippen LogP contribution in [0.4, 0.5) is 24.5 Å². The molecule has 1 aliphatic carbocycles. The Labute approximate surface area is 304 Å². The number of pyridine rings is 1. The van der Waals surface area contributed by atoms with Crippen LogP contribution in [0.15, 0.2) is 85.5 Å². The van der Waals surface area contributed by atoms with Gasteiger partial charge in [0, 0.05) is 46.8 Å².